The topological polar surface area (TPSA) is 79.9 Å². The first-order valence-corrected chi connectivity index (χ1v) is 9.89. The molecule has 0 unspecified atom stereocenters. The summed E-state index contributed by atoms with van der Waals surface area (Å²) in [7, 11) is 1.59. The number of hydrogen-bond acceptors (Lipinski definition) is 5. The third-order valence-electron chi connectivity index (χ3n) is 5.32. The number of likely N-dealkylation sites (tertiary alicyclic amines) is 1. The van der Waals surface area contributed by atoms with Crippen LogP contribution in [-0.2, 0) is 4.79 Å². The molecule has 2 aromatic rings. The first-order chi connectivity index (χ1) is 14.1. The first kappa shape index (κ1) is 19.3. The van der Waals surface area contributed by atoms with Crippen molar-refractivity contribution in [3.05, 3.63) is 53.6 Å². The van der Waals surface area contributed by atoms with Crippen LogP contribution in [0.15, 0.2) is 42.5 Å². The van der Waals surface area contributed by atoms with Crippen LogP contribution in [0.3, 0.4) is 0 Å². The normalized spacial score (nSPS) is 18.3. The van der Waals surface area contributed by atoms with Crippen molar-refractivity contribution in [3.63, 3.8) is 0 Å². The maximum atomic E-state index is 12.6. The maximum absolute atomic E-state index is 12.6. The highest BCUT2D eigenvalue weighted by Crippen LogP contribution is 2.37. The Bertz CT molecular complexity index is 897. The highest BCUT2D eigenvalue weighted by atomic mass is 16.6. The smallest absolute Gasteiger partial charge is 0.251 e. The fourth-order valence-electron chi connectivity index (χ4n) is 3.89. The van der Waals surface area contributed by atoms with E-state index in [-0.39, 0.29) is 17.9 Å². The lowest BCUT2D eigenvalue weighted by molar-refractivity contribution is -0.117. The molecule has 29 heavy (non-hydrogen) atoms. The molecule has 2 amide bonds. The van der Waals surface area contributed by atoms with Crippen LogP contribution in [0.5, 0.6) is 11.5 Å². The molecule has 4 rings (SSSR count). The van der Waals surface area contributed by atoms with Crippen LogP contribution in [-0.4, -0.2) is 50.1 Å². The second kappa shape index (κ2) is 8.53. The zero-order chi connectivity index (χ0) is 20.2. The predicted octanol–water partition coefficient (Wildman–Crippen LogP) is 2.59. The average Bonchev–Trinajstić information content (AvgIpc) is 3.21. The van der Waals surface area contributed by atoms with Crippen LogP contribution in [0.4, 0.5) is 5.69 Å². The third kappa shape index (κ3) is 4.35. The molecule has 0 aromatic heterocycles. The van der Waals surface area contributed by atoms with E-state index in [1.807, 2.05) is 12.1 Å². The summed E-state index contributed by atoms with van der Waals surface area (Å²) < 4.78 is 11.3. The summed E-state index contributed by atoms with van der Waals surface area (Å²) in [5, 5.41) is 5.50. The molecule has 0 radical (unpaired) electrons. The molecule has 1 saturated heterocycles. The SMILES string of the molecule is CNC(=O)c1ccc(NC(=O)CN2CCC[C@@H]2c2ccc3c(c2)OCCO3)cc1. The molecule has 2 aliphatic rings. The molecule has 2 N–H and O–H groups in total. The molecule has 0 bridgehead atoms. The summed E-state index contributed by atoms with van der Waals surface area (Å²) >= 11 is 0. The monoisotopic (exact) mass is 395 g/mol. The number of carbonyl (C=O) groups excluding carboxylic acids is 2. The van der Waals surface area contributed by atoms with Gasteiger partial charge in [-0.25, -0.2) is 0 Å². The fraction of sp³-hybridized carbons (Fsp3) is 0.364. The van der Waals surface area contributed by atoms with Crippen LogP contribution in [0.2, 0.25) is 0 Å². The lowest BCUT2D eigenvalue weighted by Gasteiger charge is -2.26. The first-order valence-electron chi connectivity index (χ1n) is 9.89. The Balaban J connectivity index is 1.39. The summed E-state index contributed by atoms with van der Waals surface area (Å²) in [6.45, 7) is 2.33. The van der Waals surface area contributed by atoms with Crippen molar-refractivity contribution in [2.45, 2.75) is 18.9 Å². The molecular weight excluding hydrogens is 370 g/mol. The van der Waals surface area contributed by atoms with Crippen molar-refractivity contribution in [1.29, 1.82) is 0 Å². The van der Waals surface area contributed by atoms with E-state index in [2.05, 4.69) is 21.6 Å². The van der Waals surface area contributed by atoms with E-state index in [0.717, 1.165) is 36.4 Å². The number of amides is 2. The number of hydrogen-bond donors (Lipinski definition) is 2. The Morgan fingerprint density at radius 3 is 2.59 bits per heavy atom. The van der Waals surface area contributed by atoms with E-state index in [4.69, 9.17) is 9.47 Å². The number of nitrogens with zero attached hydrogens (tertiary/aromatic N) is 1. The van der Waals surface area contributed by atoms with Gasteiger partial charge in [0.2, 0.25) is 5.91 Å². The number of ether oxygens (including phenoxy) is 2. The molecule has 1 atom stereocenters. The van der Waals surface area contributed by atoms with Gasteiger partial charge < -0.3 is 20.1 Å². The summed E-state index contributed by atoms with van der Waals surface area (Å²) in [5.74, 6) is 1.34. The van der Waals surface area contributed by atoms with Crippen LogP contribution in [0.25, 0.3) is 0 Å². The van der Waals surface area contributed by atoms with Gasteiger partial charge in [0.15, 0.2) is 11.5 Å². The second-order valence-corrected chi connectivity index (χ2v) is 7.24. The van der Waals surface area contributed by atoms with Crippen molar-refractivity contribution < 1.29 is 19.1 Å². The van der Waals surface area contributed by atoms with Gasteiger partial charge in [0, 0.05) is 24.3 Å². The Morgan fingerprint density at radius 2 is 1.83 bits per heavy atom. The number of nitrogens with one attached hydrogen (secondary N) is 2. The van der Waals surface area contributed by atoms with E-state index < -0.39 is 0 Å². The largest absolute Gasteiger partial charge is 0.486 e. The van der Waals surface area contributed by atoms with Gasteiger partial charge in [-0.05, 0) is 61.3 Å². The summed E-state index contributed by atoms with van der Waals surface area (Å²) in [4.78, 5) is 26.4. The van der Waals surface area contributed by atoms with Crippen LogP contribution in [0.1, 0.15) is 34.8 Å². The van der Waals surface area contributed by atoms with E-state index in [9.17, 15) is 9.59 Å². The van der Waals surface area contributed by atoms with Gasteiger partial charge in [0.25, 0.3) is 5.91 Å². The second-order valence-electron chi connectivity index (χ2n) is 7.24. The highest BCUT2D eigenvalue weighted by Gasteiger charge is 2.28. The van der Waals surface area contributed by atoms with Gasteiger partial charge in [-0.15, -0.1) is 0 Å². The average molecular weight is 395 g/mol. The number of rotatable bonds is 5. The number of carbonyl (C=O) groups is 2. The van der Waals surface area contributed by atoms with Crippen LogP contribution in [0, 0.1) is 0 Å². The molecule has 2 aromatic carbocycles. The lowest BCUT2D eigenvalue weighted by Crippen LogP contribution is -2.33. The molecule has 7 heteroatoms. The quantitative estimate of drug-likeness (QED) is 0.814. The molecule has 2 heterocycles. The van der Waals surface area contributed by atoms with Gasteiger partial charge in [0.1, 0.15) is 13.2 Å². The van der Waals surface area contributed by atoms with Crippen LogP contribution >= 0.6 is 0 Å². The number of fused-ring (bicyclic) bond motifs is 1. The van der Waals surface area contributed by atoms with E-state index in [1.54, 1.807) is 31.3 Å². The predicted molar refractivity (Wildman–Crippen MR) is 109 cm³/mol. The Hall–Kier alpha value is -3.06. The Kier molecular flexibility index (Phi) is 5.67. The van der Waals surface area contributed by atoms with E-state index in [1.165, 1.54) is 0 Å². The van der Waals surface area contributed by atoms with E-state index >= 15 is 0 Å². The number of benzene rings is 2. The van der Waals surface area contributed by atoms with Crippen molar-refractivity contribution in [3.8, 4) is 11.5 Å². The Labute approximate surface area is 170 Å². The van der Waals surface area contributed by atoms with Gasteiger partial charge in [-0.1, -0.05) is 6.07 Å². The minimum Gasteiger partial charge on any atom is -0.486 e. The maximum Gasteiger partial charge on any atom is 0.251 e. The third-order valence-corrected chi connectivity index (χ3v) is 5.32. The molecule has 0 saturated carbocycles. The molecule has 7 nitrogen and oxygen atoms in total. The zero-order valence-electron chi connectivity index (χ0n) is 16.4. The fourth-order valence-corrected chi connectivity index (χ4v) is 3.89. The van der Waals surface area contributed by atoms with E-state index in [0.29, 0.717) is 31.0 Å². The molecule has 0 spiro atoms. The van der Waals surface area contributed by atoms with Gasteiger partial charge in [-0.2, -0.15) is 0 Å². The lowest BCUT2D eigenvalue weighted by atomic mass is 10.0. The summed E-state index contributed by atoms with van der Waals surface area (Å²) in [6, 6.07) is 13.1. The summed E-state index contributed by atoms with van der Waals surface area (Å²) in [5.41, 5.74) is 2.39. The minimum atomic E-state index is -0.151. The van der Waals surface area contributed by atoms with Gasteiger partial charge in [0.05, 0.1) is 6.54 Å². The van der Waals surface area contributed by atoms with Gasteiger partial charge >= 0.3 is 0 Å². The van der Waals surface area contributed by atoms with Crippen molar-refractivity contribution in [2.24, 2.45) is 0 Å². The Morgan fingerprint density at radius 1 is 1.07 bits per heavy atom. The molecular formula is C22H25N3O4. The summed E-state index contributed by atoms with van der Waals surface area (Å²) in [6.07, 6.45) is 2.06. The molecule has 0 aliphatic carbocycles. The van der Waals surface area contributed by atoms with Gasteiger partial charge in [-0.3, -0.25) is 14.5 Å². The highest BCUT2D eigenvalue weighted by molar-refractivity contribution is 5.96. The van der Waals surface area contributed by atoms with Crippen molar-refractivity contribution in [1.82, 2.24) is 10.2 Å². The molecule has 1 fully saturated rings. The van der Waals surface area contributed by atoms with Crippen molar-refractivity contribution in [2.75, 3.05) is 38.7 Å². The molecule has 2 aliphatic heterocycles. The molecule has 152 valence electrons. The standard InChI is InChI=1S/C22H25N3O4/c1-23-22(27)15-4-7-17(8-5-15)24-21(26)14-25-10-2-3-18(25)16-6-9-19-20(13-16)29-12-11-28-19/h4-9,13,18H,2-3,10-12,14H2,1H3,(H,23,27)(H,24,26)/t18-/m1/s1. The zero-order valence-corrected chi connectivity index (χ0v) is 16.4. The van der Waals surface area contributed by atoms with Crippen molar-refractivity contribution >= 4 is 17.5 Å². The minimum absolute atomic E-state index is 0.0675. The number of anilines is 1. The van der Waals surface area contributed by atoms with Crippen LogP contribution < -0.4 is 20.1 Å².